The van der Waals surface area contributed by atoms with Gasteiger partial charge in [-0.1, -0.05) is 6.07 Å². The molecule has 0 radical (unpaired) electrons. The van der Waals surface area contributed by atoms with Gasteiger partial charge < -0.3 is 13.7 Å². The van der Waals surface area contributed by atoms with E-state index in [-0.39, 0.29) is 12.4 Å². The third-order valence-electron chi connectivity index (χ3n) is 2.79. The van der Waals surface area contributed by atoms with E-state index in [9.17, 15) is 17.8 Å². The number of carbonyl (C=O) groups is 1. The molecule has 9 heteroatoms. The second-order valence-corrected chi connectivity index (χ2v) is 6.33. The molecule has 8 nitrogen and oxygen atoms in total. The van der Waals surface area contributed by atoms with Crippen molar-refractivity contribution in [2.75, 3.05) is 6.61 Å². The van der Waals surface area contributed by atoms with Crippen LogP contribution in [0.1, 0.15) is 16.9 Å². The number of ether oxygens (including phenoxy) is 1. The number of benzene rings is 1. The zero-order chi connectivity index (χ0) is 17.7. The lowest BCUT2D eigenvalue weighted by Gasteiger charge is -2.07. The molecule has 2 rings (SSSR count). The van der Waals surface area contributed by atoms with E-state index in [1.807, 2.05) is 19.9 Å². The van der Waals surface area contributed by atoms with Gasteiger partial charge >= 0.3 is 0 Å². The van der Waals surface area contributed by atoms with Crippen molar-refractivity contribution in [3.63, 3.8) is 0 Å². The van der Waals surface area contributed by atoms with Crippen molar-refractivity contribution >= 4 is 22.2 Å². The summed E-state index contributed by atoms with van der Waals surface area (Å²) in [5, 5.41) is 2.87. The molecule has 0 spiro atoms. The summed E-state index contributed by atoms with van der Waals surface area (Å²) in [5.41, 5.74) is 4.23. The third-order valence-corrected chi connectivity index (χ3v) is 3.51. The Labute approximate surface area is 138 Å². The molecule has 0 aliphatic carbocycles. The lowest BCUT2D eigenvalue weighted by molar-refractivity contribution is -0.123. The maximum atomic E-state index is 11.6. The number of hydrogen-bond acceptors (Lipinski definition) is 7. The summed E-state index contributed by atoms with van der Waals surface area (Å²) >= 11 is 0. The average Bonchev–Trinajstić information content (AvgIpc) is 2.93. The molecule has 128 valence electrons. The quantitative estimate of drug-likeness (QED) is 0.476. The number of furan rings is 1. The van der Waals surface area contributed by atoms with Crippen LogP contribution in [0.15, 0.2) is 44.9 Å². The van der Waals surface area contributed by atoms with Crippen molar-refractivity contribution in [3.8, 4) is 5.75 Å². The van der Waals surface area contributed by atoms with E-state index in [4.69, 9.17) is 9.15 Å². The number of aryl methyl sites for hydroxylation is 2. The molecule has 1 amide bonds. The van der Waals surface area contributed by atoms with Crippen LogP contribution < -0.4 is 10.2 Å². The van der Waals surface area contributed by atoms with Crippen LogP contribution in [0.5, 0.6) is 5.75 Å². The molecule has 2 aromatic rings. The minimum atomic E-state index is -4.66. The van der Waals surface area contributed by atoms with E-state index in [1.54, 1.807) is 12.1 Å². The predicted molar refractivity (Wildman–Crippen MR) is 83.8 cm³/mol. The predicted octanol–water partition coefficient (Wildman–Crippen LogP) is 1.33. The zero-order valence-electron chi connectivity index (χ0n) is 13.0. The molecular weight excluding hydrogens is 336 g/mol. The first-order valence-corrected chi connectivity index (χ1v) is 8.23. The molecule has 0 saturated carbocycles. The fourth-order valence-corrected chi connectivity index (χ4v) is 2.34. The molecule has 1 heterocycles. The van der Waals surface area contributed by atoms with Crippen LogP contribution in [0.25, 0.3) is 0 Å². The molecule has 0 fully saturated rings. The van der Waals surface area contributed by atoms with E-state index in [0.717, 1.165) is 23.4 Å². The summed E-state index contributed by atoms with van der Waals surface area (Å²) < 4.78 is 42.3. The number of amides is 1. The summed E-state index contributed by atoms with van der Waals surface area (Å²) in [4.78, 5) is 11.6. The molecule has 1 N–H and O–H groups in total. The summed E-state index contributed by atoms with van der Waals surface area (Å²) in [6.45, 7) is 3.60. The van der Waals surface area contributed by atoms with Gasteiger partial charge in [0.2, 0.25) is 5.09 Å². The molecule has 0 unspecified atom stereocenters. The number of hydrazone groups is 1. The average molecular weight is 351 g/mol. The number of carbonyl (C=O) groups excluding carboxylic acids is 1. The Kier molecular flexibility index (Phi) is 5.37. The van der Waals surface area contributed by atoms with Crippen LogP contribution in [-0.4, -0.2) is 31.7 Å². The number of rotatable bonds is 6. The van der Waals surface area contributed by atoms with Gasteiger partial charge in [0.15, 0.2) is 16.7 Å². The highest BCUT2D eigenvalue weighted by molar-refractivity contribution is 7.85. The van der Waals surface area contributed by atoms with Crippen molar-refractivity contribution in [1.82, 2.24) is 5.43 Å². The first-order chi connectivity index (χ1) is 11.2. The van der Waals surface area contributed by atoms with Gasteiger partial charge in [-0.25, -0.2) is 13.8 Å². The molecule has 0 saturated heterocycles. The van der Waals surface area contributed by atoms with Gasteiger partial charge in [-0.3, -0.25) is 4.79 Å². The van der Waals surface area contributed by atoms with Gasteiger partial charge in [0.25, 0.3) is 5.91 Å². The topological polar surface area (TPSA) is 121 Å². The van der Waals surface area contributed by atoms with Gasteiger partial charge in [0.1, 0.15) is 11.5 Å². The van der Waals surface area contributed by atoms with Crippen LogP contribution in [0.3, 0.4) is 0 Å². The minimum Gasteiger partial charge on any atom is -0.742 e. The Balaban J connectivity index is 1.85. The largest absolute Gasteiger partial charge is 0.742 e. The van der Waals surface area contributed by atoms with Crippen molar-refractivity contribution in [3.05, 3.63) is 47.2 Å². The van der Waals surface area contributed by atoms with Crippen molar-refractivity contribution in [2.45, 2.75) is 18.9 Å². The summed E-state index contributed by atoms with van der Waals surface area (Å²) in [5.74, 6) is 0.0801. The Morgan fingerprint density at radius 1 is 1.29 bits per heavy atom. The second kappa shape index (κ2) is 7.28. The Hall–Kier alpha value is -2.65. The number of hydrogen-bond donors (Lipinski definition) is 1. The SMILES string of the molecule is Cc1cc(C)cc(OCC(=O)N/N=C/c2ccc(S(=O)(=O)[O-])o2)c1. The molecule has 0 atom stereocenters. The maximum absolute atomic E-state index is 11.6. The molecule has 0 aliphatic heterocycles. The van der Waals surface area contributed by atoms with E-state index in [0.29, 0.717) is 5.75 Å². The molecule has 0 aliphatic rings. The highest BCUT2D eigenvalue weighted by atomic mass is 32.2. The Morgan fingerprint density at radius 2 is 1.96 bits per heavy atom. The number of nitrogens with one attached hydrogen (secondary N) is 1. The molecular formula is C15H15N2O6S-. The van der Waals surface area contributed by atoms with E-state index >= 15 is 0 Å². The van der Waals surface area contributed by atoms with Gasteiger partial charge in [-0.15, -0.1) is 0 Å². The van der Waals surface area contributed by atoms with E-state index in [2.05, 4.69) is 10.5 Å². The molecule has 0 bridgehead atoms. The first kappa shape index (κ1) is 17.7. The monoisotopic (exact) mass is 351 g/mol. The third kappa shape index (κ3) is 5.21. The lowest BCUT2D eigenvalue weighted by Crippen LogP contribution is -2.24. The van der Waals surface area contributed by atoms with Crippen molar-refractivity contribution in [1.29, 1.82) is 0 Å². The summed E-state index contributed by atoms with van der Waals surface area (Å²) in [6.07, 6.45) is 1.07. The van der Waals surface area contributed by atoms with Gasteiger partial charge in [0, 0.05) is 0 Å². The fourth-order valence-electron chi connectivity index (χ4n) is 1.90. The van der Waals surface area contributed by atoms with Gasteiger partial charge in [-0.2, -0.15) is 5.10 Å². The van der Waals surface area contributed by atoms with Gasteiger partial charge in [0.05, 0.1) is 6.21 Å². The Morgan fingerprint density at radius 3 is 2.54 bits per heavy atom. The van der Waals surface area contributed by atoms with Crippen LogP contribution in [0.4, 0.5) is 0 Å². The zero-order valence-corrected chi connectivity index (χ0v) is 13.8. The lowest BCUT2D eigenvalue weighted by atomic mass is 10.1. The van der Waals surface area contributed by atoms with Gasteiger partial charge in [-0.05, 0) is 49.2 Å². The normalized spacial score (nSPS) is 11.6. The smallest absolute Gasteiger partial charge is 0.277 e. The van der Waals surface area contributed by atoms with Crippen LogP contribution in [0.2, 0.25) is 0 Å². The number of nitrogens with zero attached hydrogens (tertiary/aromatic N) is 1. The summed E-state index contributed by atoms with van der Waals surface area (Å²) in [6, 6.07) is 7.84. The van der Waals surface area contributed by atoms with Crippen LogP contribution in [0, 0.1) is 13.8 Å². The maximum Gasteiger partial charge on any atom is 0.277 e. The second-order valence-electron chi connectivity index (χ2n) is 5.02. The molecule has 1 aromatic heterocycles. The first-order valence-electron chi connectivity index (χ1n) is 6.83. The van der Waals surface area contributed by atoms with E-state index < -0.39 is 21.1 Å². The standard InChI is InChI=1S/C15H16N2O6S/c1-10-5-11(2)7-13(6-10)22-9-14(18)17-16-8-12-3-4-15(23-12)24(19,20)21/h3-8H,9H2,1-2H3,(H,17,18)(H,19,20,21)/p-1/b16-8+. The minimum absolute atomic E-state index is 0.0138. The molecule has 1 aromatic carbocycles. The summed E-state index contributed by atoms with van der Waals surface area (Å²) in [7, 11) is -4.66. The van der Waals surface area contributed by atoms with Crippen molar-refractivity contribution in [2.24, 2.45) is 5.10 Å². The van der Waals surface area contributed by atoms with Crippen molar-refractivity contribution < 1.29 is 26.9 Å². The molecule has 24 heavy (non-hydrogen) atoms. The van der Waals surface area contributed by atoms with Crippen LogP contribution >= 0.6 is 0 Å². The highest BCUT2D eigenvalue weighted by Gasteiger charge is 2.07. The fraction of sp³-hybridized carbons (Fsp3) is 0.200. The van der Waals surface area contributed by atoms with E-state index in [1.165, 1.54) is 6.07 Å². The Bertz CT molecular complexity index is 850. The van der Waals surface area contributed by atoms with Crippen LogP contribution in [-0.2, 0) is 14.9 Å². The highest BCUT2D eigenvalue weighted by Crippen LogP contribution is 2.16.